The number of aryl methyl sites for hydroxylation is 2. The molecular weight excluding hydrogens is 338 g/mol. The number of esters is 1. The van der Waals surface area contributed by atoms with E-state index in [0.29, 0.717) is 43.2 Å². The van der Waals surface area contributed by atoms with Crippen LogP contribution in [0.1, 0.15) is 35.2 Å². The van der Waals surface area contributed by atoms with Crippen LogP contribution < -0.4 is 0 Å². The second-order valence-electron chi connectivity index (χ2n) is 7.59. The van der Waals surface area contributed by atoms with Crippen LogP contribution in [-0.4, -0.2) is 59.9 Å². The molecule has 1 N–H and O–H groups in total. The zero-order chi connectivity index (χ0) is 18.6. The molecule has 0 aliphatic carbocycles. The van der Waals surface area contributed by atoms with Crippen LogP contribution in [0.2, 0.25) is 0 Å². The first kappa shape index (κ1) is 17.5. The predicted octanol–water partition coefficient (Wildman–Crippen LogP) is 1.30. The van der Waals surface area contributed by atoms with Gasteiger partial charge in [-0.3, -0.25) is 9.59 Å². The Bertz CT molecular complexity index is 728. The number of carbonyl (C=O) groups is 2. The van der Waals surface area contributed by atoms with Gasteiger partial charge in [0.2, 0.25) is 0 Å². The Labute approximate surface area is 152 Å². The lowest BCUT2D eigenvalue weighted by Crippen LogP contribution is -2.46. The van der Waals surface area contributed by atoms with Crippen molar-refractivity contribution in [1.82, 2.24) is 4.90 Å². The van der Waals surface area contributed by atoms with E-state index in [1.165, 1.54) is 0 Å². The molecule has 3 aliphatic rings. The van der Waals surface area contributed by atoms with Crippen molar-refractivity contribution in [3.8, 4) is 0 Å². The van der Waals surface area contributed by atoms with Gasteiger partial charge in [-0.15, -0.1) is 0 Å². The molecule has 1 aromatic rings. The molecule has 1 aromatic heterocycles. The van der Waals surface area contributed by atoms with Gasteiger partial charge >= 0.3 is 5.97 Å². The SMILES string of the molecule is CCOC(=O)[C@@H]1C[C@@H]2O[C@H]1[C@H]1CN(C(=O)c3cc(C)oc3C)C[C@H]1[C@@H]2O. The normalized spacial score (nSPS) is 35.5. The number of nitrogens with zero attached hydrogens (tertiary/aromatic N) is 1. The first-order valence-electron chi connectivity index (χ1n) is 9.27. The molecule has 0 radical (unpaired) electrons. The van der Waals surface area contributed by atoms with Crippen molar-refractivity contribution in [2.24, 2.45) is 17.8 Å². The number of aliphatic hydroxyl groups excluding tert-OH is 1. The monoisotopic (exact) mass is 363 g/mol. The predicted molar refractivity (Wildman–Crippen MR) is 90.5 cm³/mol. The van der Waals surface area contributed by atoms with Crippen LogP contribution in [0, 0.1) is 31.6 Å². The van der Waals surface area contributed by atoms with Gasteiger partial charge in [-0.05, 0) is 33.3 Å². The molecule has 7 heteroatoms. The molecular formula is C19H25NO6. The maximum atomic E-state index is 12.9. The first-order chi connectivity index (χ1) is 12.4. The zero-order valence-corrected chi connectivity index (χ0v) is 15.3. The Hall–Kier alpha value is -1.86. The van der Waals surface area contributed by atoms with Crippen molar-refractivity contribution in [2.45, 2.75) is 45.5 Å². The van der Waals surface area contributed by atoms with E-state index < -0.39 is 6.10 Å². The van der Waals surface area contributed by atoms with Crippen LogP contribution in [0.25, 0.3) is 0 Å². The van der Waals surface area contributed by atoms with Gasteiger partial charge in [0.25, 0.3) is 5.91 Å². The van der Waals surface area contributed by atoms with E-state index in [1.807, 2.05) is 6.92 Å². The molecule has 0 saturated carbocycles. The maximum Gasteiger partial charge on any atom is 0.311 e. The standard InChI is InChI=1S/C19H25NO6/c1-4-24-19(23)12-6-15-16(21)13-7-20(8-14(13)17(12)26-15)18(22)11-5-9(2)25-10(11)3/h5,12-17,21H,4,6-8H2,1-3H3/t12-,13-,14+,15+,16+,17-/m1/s1. The second kappa shape index (κ2) is 6.39. The Balaban J connectivity index is 1.55. The van der Waals surface area contributed by atoms with Gasteiger partial charge in [0, 0.05) is 24.9 Å². The van der Waals surface area contributed by atoms with Crippen molar-refractivity contribution in [2.75, 3.05) is 19.7 Å². The van der Waals surface area contributed by atoms with E-state index in [2.05, 4.69) is 0 Å². The smallest absolute Gasteiger partial charge is 0.311 e. The maximum absolute atomic E-state index is 12.9. The summed E-state index contributed by atoms with van der Waals surface area (Å²) in [7, 11) is 0. The third kappa shape index (κ3) is 2.65. The topological polar surface area (TPSA) is 89.2 Å². The van der Waals surface area contributed by atoms with Gasteiger partial charge in [-0.25, -0.2) is 0 Å². The minimum Gasteiger partial charge on any atom is -0.466 e. The van der Waals surface area contributed by atoms with Crippen molar-refractivity contribution in [1.29, 1.82) is 0 Å². The van der Waals surface area contributed by atoms with Gasteiger partial charge < -0.3 is 23.9 Å². The van der Waals surface area contributed by atoms with E-state index in [9.17, 15) is 14.7 Å². The van der Waals surface area contributed by atoms with Gasteiger partial charge in [-0.1, -0.05) is 0 Å². The lowest BCUT2D eigenvalue weighted by molar-refractivity contribution is -0.157. The van der Waals surface area contributed by atoms with Gasteiger partial charge in [0.1, 0.15) is 11.5 Å². The summed E-state index contributed by atoms with van der Waals surface area (Å²) in [6, 6.07) is 1.75. The molecule has 0 aromatic carbocycles. The average molecular weight is 363 g/mol. The fourth-order valence-electron chi connectivity index (χ4n) is 4.85. The van der Waals surface area contributed by atoms with Crippen molar-refractivity contribution in [3.05, 3.63) is 23.2 Å². The second-order valence-corrected chi connectivity index (χ2v) is 7.59. The highest BCUT2D eigenvalue weighted by molar-refractivity contribution is 5.95. The van der Waals surface area contributed by atoms with E-state index in [0.717, 1.165) is 0 Å². The quantitative estimate of drug-likeness (QED) is 0.814. The molecule has 3 saturated heterocycles. The molecule has 142 valence electrons. The molecule has 7 nitrogen and oxygen atoms in total. The number of furan rings is 1. The van der Waals surface area contributed by atoms with Gasteiger partial charge in [0.05, 0.1) is 36.4 Å². The number of hydrogen-bond donors (Lipinski definition) is 1. The molecule has 3 aliphatic heterocycles. The molecule has 4 heterocycles. The van der Waals surface area contributed by atoms with E-state index >= 15 is 0 Å². The summed E-state index contributed by atoms with van der Waals surface area (Å²) in [5.41, 5.74) is 0.559. The Kier molecular flexibility index (Phi) is 4.31. The Morgan fingerprint density at radius 1 is 1.31 bits per heavy atom. The summed E-state index contributed by atoms with van der Waals surface area (Å²) in [6.45, 7) is 6.64. The molecule has 6 atom stereocenters. The zero-order valence-electron chi connectivity index (χ0n) is 15.3. The molecule has 1 amide bonds. The number of ether oxygens (including phenoxy) is 2. The lowest BCUT2D eigenvalue weighted by Gasteiger charge is -2.35. The van der Waals surface area contributed by atoms with Crippen LogP contribution in [0.3, 0.4) is 0 Å². The number of amides is 1. The van der Waals surface area contributed by atoms with Gasteiger partial charge in [-0.2, -0.15) is 0 Å². The summed E-state index contributed by atoms with van der Waals surface area (Å²) in [5, 5.41) is 10.7. The molecule has 4 rings (SSSR count). The van der Waals surface area contributed by atoms with Crippen molar-refractivity contribution in [3.63, 3.8) is 0 Å². The summed E-state index contributed by atoms with van der Waals surface area (Å²) in [5.74, 6) is 0.448. The third-order valence-corrected chi connectivity index (χ3v) is 6.02. The molecule has 0 spiro atoms. The summed E-state index contributed by atoms with van der Waals surface area (Å²) in [4.78, 5) is 26.9. The highest BCUT2D eigenvalue weighted by atomic mass is 16.5. The number of fused-ring (bicyclic) bond motifs is 4. The van der Waals surface area contributed by atoms with Crippen LogP contribution in [0.5, 0.6) is 0 Å². The third-order valence-electron chi connectivity index (χ3n) is 6.02. The first-order valence-corrected chi connectivity index (χ1v) is 9.27. The van der Waals surface area contributed by atoms with Gasteiger partial charge in [0.15, 0.2) is 0 Å². The van der Waals surface area contributed by atoms with E-state index in [4.69, 9.17) is 13.9 Å². The summed E-state index contributed by atoms with van der Waals surface area (Å²) >= 11 is 0. The minimum absolute atomic E-state index is 0.0598. The number of rotatable bonds is 3. The number of likely N-dealkylation sites (tertiary alicyclic amines) is 1. The number of hydrogen-bond acceptors (Lipinski definition) is 6. The fourth-order valence-corrected chi connectivity index (χ4v) is 4.85. The molecule has 26 heavy (non-hydrogen) atoms. The highest BCUT2D eigenvalue weighted by Gasteiger charge is 2.58. The fraction of sp³-hybridized carbons (Fsp3) is 0.684. The van der Waals surface area contributed by atoms with Crippen LogP contribution >= 0.6 is 0 Å². The van der Waals surface area contributed by atoms with Crippen LogP contribution in [-0.2, 0) is 14.3 Å². The lowest BCUT2D eigenvalue weighted by atomic mass is 9.83. The van der Waals surface area contributed by atoms with Crippen molar-refractivity contribution >= 4 is 11.9 Å². The number of aliphatic hydroxyl groups is 1. The van der Waals surface area contributed by atoms with E-state index in [1.54, 1.807) is 24.8 Å². The van der Waals surface area contributed by atoms with Crippen molar-refractivity contribution < 1.29 is 28.6 Å². The average Bonchev–Trinajstić information content (AvgIpc) is 3.28. The Morgan fingerprint density at radius 3 is 2.69 bits per heavy atom. The minimum atomic E-state index is -0.666. The van der Waals surface area contributed by atoms with E-state index in [-0.39, 0.29) is 41.8 Å². The van der Waals surface area contributed by atoms with Crippen LogP contribution in [0.4, 0.5) is 0 Å². The molecule has 0 unspecified atom stereocenters. The highest BCUT2D eigenvalue weighted by Crippen LogP contribution is 2.47. The largest absolute Gasteiger partial charge is 0.466 e. The molecule has 2 bridgehead atoms. The summed E-state index contributed by atoms with van der Waals surface area (Å²) < 4.78 is 16.6. The Morgan fingerprint density at radius 2 is 2.04 bits per heavy atom. The summed E-state index contributed by atoms with van der Waals surface area (Å²) in [6.07, 6.45) is -0.826. The molecule has 3 fully saturated rings. The van der Waals surface area contributed by atoms with Crippen LogP contribution in [0.15, 0.2) is 10.5 Å². The number of carbonyl (C=O) groups excluding carboxylic acids is 2.